The zero-order chi connectivity index (χ0) is 20.6. The molecule has 2 aromatic rings. The maximum atomic E-state index is 12.6. The van der Waals surface area contributed by atoms with Crippen LogP contribution in [0, 0.1) is 6.92 Å². The average molecular weight is 395 g/mol. The summed E-state index contributed by atoms with van der Waals surface area (Å²) in [6.45, 7) is 4.13. The number of hydrogen-bond acceptors (Lipinski definition) is 3. The van der Waals surface area contributed by atoms with Crippen molar-refractivity contribution in [3.05, 3.63) is 59.2 Å². The van der Waals surface area contributed by atoms with Gasteiger partial charge >= 0.3 is 0 Å². The third-order valence-electron chi connectivity index (χ3n) is 5.16. The first-order valence-corrected chi connectivity index (χ1v) is 10.1. The molecule has 2 N–H and O–H groups in total. The summed E-state index contributed by atoms with van der Waals surface area (Å²) in [6.07, 6.45) is 2.22. The second-order valence-electron chi connectivity index (χ2n) is 7.20. The minimum atomic E-state index is 0.184. The quantitative estimate of drug-likeness (QED) is 0.430. The van der Waals surface area contributed by atoms with Crippen LogP contribution in [-0.2, 0) is 17.8 Å². The number of methoxy groups -OCH3 is 1. The highest BCUT2D eigenvalue weighted by Gasteiger charge is 2.23. The van der Waals surface area contributed by atoms with Crippen molar-refractivity contribution in [3.63, 3.8) is 0 Å². The third kappa shape index (κ3) is 5.28. The van der Waals surface area contributed by atoms with E-state index in [2.05, 4.69) is 33.8 Å². The number of para-hydroxylation sites is 1. The van der Waals surface area contributed by atoms with Crippen LogP contribution >= 0.6 is 0 Å². The molecule has 0 aliphatic carbocycles. The Balaban J connectivity index is 1.42. The summed E-state index contributed by atoms with van der Waals surface area (Å²) in [5.74, 6) is 1.76. The summed E-state index contributed by atoms with van der Waals surface area (Å²) >= 11 is 0. The van der Waals surface area contributed by atoms with E-state index < -0.39 is 0 Å². The van der Waals surface area contributed by atoms with Gasteiger partial charge in [0.25, 0.3) is 0 Å². The third-order valence-corrected chi connectivity index (χ3v) is 5.16. The summed E-state index contributed by atoms with van der Waals surface area (Å²) in [5.41, 5.74) is 4.56. The van der Waals surface area contributed by atoms with Crippen molar-refractivity contribution >= 4 is 17.6 Å². The zero-order valence-corrected chi connectivity index (χ0v) is 17.5. The summed E-state index contributed by atoms with van der Waals surface area (Å²) < 4.78 is 5.45. The molecule has 1 amide bonds. The molecule has 6 heteroatoms. The Bertz CT molecular complexity index is 879. The van der Waals surface area contributed by atoms with Gasteiger partial charge < -0.3 is 20.3 Å². The molecule has 6 nitrogen and oxygen atoms in total. The Morgan fingerprint density at radius 3 is 2.83 bits per heavy atom. The van der Waals surface area contributed by atoms with Crippen LogP contribution < -0.4 is 20.3 Å². The van der Waals surface area contributed by atoms with Gasteiger partial charge in [-0.3, -0.25) is 9.79 Å². The lowest BCUT2D eigenvalue weighted by molar-refractivity contribution is -0.118. The first-order chi connectivity index (χ1) is 14.1. The molecule has 29 heavy (non-hydrogen) atoms. The number of anilines is 1. The number of nitrogens with zero attached hydrogens (tertiary/aromatic N) is 2. The van der Waals surface area contributed by atoms with Crippen LogP contribution in [0.3, 0.4) is 0 Å². The van der Waals surface area contributed by atoms with Gasteiger partial charge in [-0.25, -0.2) is 0 Å². The molecule has 3 rings (SSSR count). The fourth-order valence-corrected chi connectivity index (χ4v) is 3.58. The molecule has 0 atom stereocenters. The lowest BCUT2D eigenvalue weighted by Gasteiger charge is -2.18. The number of aryl methyl sites for hydroxylation is 1. The normalized spacial score (nSPS) is 13.2. The highest BCUT2D eigenvalue weighted by atomic mass is 16.5. The second-order valence-corrected chi connectivity index (χ2v) is 7.20. The van der Waals surface area contributed by atoms with Gasteiger partial charge in [0.15, 0.2) is 5.96 Å². The van der Waals surface area contributed by atoms with Crippen molar-refractivity contribution in [1.29, 1.82) is 0 Å². The van der Waals surface area contributed by atoms with Gasteiger partial charge in [0.2, 0.25) is 5.91 Å². The minimum Gasteiger partial charge on any atom is -0.496 e. The number of guanidine groups is 1. The predicted octanol–water partition coefficient (Wildman–Crippen LogP) is 3.04. The number of amides is 1. The van der Waals surface area contributed by atoms with Gasteiger partial charge in [-0.05, 0) is 43.0 Å². The largest absolute Gasteiger partial charge is 0.496 e. The van der Waals surface area contributed by atoms with E-state index in [-0.39, 0.29) is 5.91 Å². The number of fused-ring (bicyclic) bond motifs is 1. The van der Waals surface area contributed by atoms with Gasteiger partial charge in [0.1, 0.15) is 5.75 Å². The van der Waals surface area contributed by atoms with Crippen molar-refractivity contribution in [2.45, 2.75) is 32.7 Å². The molecule has 0 aromatic heterocycles. The molecule has 0 bridgehead atoms. The molecule has 0 saturated carbocycles. The number of nitrogens with one attached hydrogen (secondary N) is 2. The summed E-state index contributed by atoms with van der Waals surface area (Å²) in [6, 6.07) is 14.3. The van der Waals surface area contributed by atoms with Crippen LogP contribution in [-0.4, -0.2) is 39.1 Å². The van der Waals surface area contributed by atoms with Gasteiger partial charge in [-0.1, -0.05) is 30.3 Å². The Morgan fingerprint density at radius 1 is 1.21 bits per heavy atom. The van der Waals surface area contributed by atoms with E-state index in [4.69, 9.17) is 4.74 Å². The molecule has 0 unspecified atom stereocenters. The van der Waals surface area contributed by atoms with E-state index in [9.17, 15) is 4.79 Å². The van der Waals surface area contributed by atoms with Crippen LogP contribution in [0.1, 0.15) is 29.5 Å². The summed E-state index contributed by atoms with van der Waals surface area (Å²) in [7, 11) is 3.43. The molecule has 0 radical (unpaired) electrons. The Labute approximate surface area is 173 Å². The fourth-order valence-electron chi connectivity index (χ4n) is 3.58. The lowest BCUT2D eigenvalue weighted by Crippen LogP contribution is -2.38. The maximum Gasteiger partial charge on any atom is 0.227 e. The van der Waals surface area contributed by atoms with Crippen molar-refractivity contribution in [2.24, 2.45) is 4.99 Å². The van der Waals surface area contributed by atoms with Gasteiger partial charge in [-0.15, -0.1) is 0 Å². The molecule has 0 spiro atoms. The first kappa shape index (κ1) is 20.7. The van der Waals surface area contributed by atoms with E-state index >= 15 is 0 Å². The second kappa shape index (κ2) is 9.96. The van der Waals surface area contributed by atoms with E-state index in [0.717, 1.165) is 36.4 Å². The molecular formula is C23H30N4O2. The smallest absolute Gasteiger partial charge is 0.227 e. The molecule has 2 aromatic carbocycles. The van der Waals surface area contributed by atoms with Gasteiger partial charge in [0, 0.05) is 44.4 Å². The molecule has 0 fully saturated rings. The van der Waals surface area contributed by atoms with Crippen LogP contribution in [0.25, 0.3) is 0 Å². The van der Waals surface area contributed by atoms with Crippen molar-refractivity contribution < 1.29 is 9.53 Å². The van der Waals surface area contributed by atoms with Crippen molar-refractivity contribution in [2.75, 3.05) is 32.1 Å². The SMILES string of the molecule is CN=C(NCCCC(=O)N1CCc2ccccc21)NCc1ccc(C)cc1OC. The number of ether oxygens (including phenoxy) is 1. The van der Waals surface area contributed by atoms with Crippen molar-refractivity contribution in [1.82, 2.24) is 10.6 Å². The monoisotopic (exact) mass is 394 g/mol. The molecular weight excluding hydrogens is 364 g/mol. The minimum absolute atomic E-state index is 0.184. The number of aliphatic imine (C=N–C) groups is 1. The molecule has 0 saturated heterocycles. The Kier molecular flexibility index (Phi) is 7.11. The molecule has 1 heterocycles. The number of hydrogen-bond donors (Lipinski definition) is 2. The fraction of sp³-hybridized carbons (Fsp3) is 0.391. The first-order valence-electron chi connectivity index (χ1n) is 10.1. The van der Waals surface area contributed by atoms with Crippen molar-refractivity contribution in [3.8, 4) is 5.75 Å². The highest BCUT2D eigenvalue weighted by Crippen LogP contribution is 2.28. The number of rotatable bonds is 7. The summed E-state index contributed by atoms with van der Waals surface area (Å²) in [5, 5.41) is 6.58. The molecule has 1 aliphatic rings. The van der Waals surface area contributed by atoms with Crippen LogP contribution in [0.4, 0.5) is 5.69 Å². The predicted molar refractivity (Wildman–Crippen MR) is 118 cm³/mol. The van der Waals surface area contributed by atoms with E-state index in [1.54, 1.807) is 14.2 Å². The Morgan fingerprint density at radius 2 is 2.03 bits per heavy atom. The lowest BCUT2D eigenvalue weighted by atomic mass is 10.1. The average Bonchev–Trinajstić information content (AvgIpc) is 3.18. The maximum absolute atomic E-state index is 12.6. The van der Waals surface area contributed by atoms with E-state index in [1.165, 1.54) is 11.1 Å². The van der Waals surface area contributed by atoms with Crippen LogP contribution in [0.2, 0.25) is 0 Å². The van der Waals surface area contributed by atoms with Gasteiger partial charge in [-0.2, -0.15) is 0 Å². The molecule has 1 aliphatic heterocycles. The van der Waals surface area contributed by atoms with Gasteiger partial charge in [0.05, 0.1) is 7.11 Å². The number of benzene rings is 2. The zero-order valence-electron chi connectivity index (χ0n) is 17.5. The summed E-state index contributed by atoms with van der Waals surface area (Å²) in [4.78, 5) is 18.7. The van der Waals surface area contributed by atoms with Crippen LogP contribution in [0.5, 0.6) is 5.75 Å². The van der Waals surface area contributed by atoms with E-state index in [0.29, 0.717) is 25.5 Å². The highest BCUT2D eigenvalue weighted by molar-refractivity contribution is 5.95. The number of carbonyl (C=O) groups excluding carboxylic acids is 1. The Hall–Kier alpha value is -3.02. The van der Waals surface area contributed by atoms with E-state index in [1.807, 2.05) is 36.1 Å². The van der Waals surface area contributed by atoms with Crippen LogP contribution in [0.15, 0.2) is 47.5 Å². The number of carbonyl (C=O) groups is 1. The molecule has 154 valence electrons. The topological polar surface area (TPSA) is 66.0 Å². The standard InChI is InChI=1S/C23H30N4O2/c1-17-10-11-19(21(15-17)29-3)16-26-23(24-2)25-13-6-9-22(28)27-14-12-18-7-4-5-8-20(18)27/h4-5,7-8,10-11,15H,6,9,12-14,16H2,1-3H3,(H2,24,25,26).